The lowest BCUT2D eigenvalue weighted by Crippen LogP contribution is -2.31. The van der Waals surface area contributed by atoms with E-state index in [1.165, 1.54) is 17.7 Å². The van der Waals surface area contributed by atoms with Crippen molar-refractivity contribution in [3.63, 3.8) is 0 Å². The van der Waals surface area contributed by atoms with Gasteiger partial charge in [0.1, 0.15) is 11.6 Å². The highest BCUT2D eigenvalue weighted by molar-refractivity contribution is 5.97. The summed E-state index contributed by atoms with van der Waals surface area (Å²) in [5.41, 5.74) is 2.83. The van der Waals surface area contributed by atoms with Crippen LogP contribution in [0.25, 0.3) is 0 Å². The normalized spacial score (nSPS) is 14.9. The van der Waals surface area contributed by atoms with Gasteiger partial charge in [0.05, 0.1) is 17.3 Å². The smallest absolute Gasteiger partial charge is 0.262 e. The van der Waals surface area contributed by atoms with Crippen LogP contribution in [0, 0.1) is 5.82 Å². The van der Waals surface area contributed by atoms with Crippen molar-refractivity contribution in [1.82, 2.24) is 5.32 Å². The predicted molar refractivity (Wildman–Crippen MR) is 117 cm³/mol. The first-order valence-electron chi connectivity index (χ1n) is 10.3. The Morgan fingerprint density at radius 3 is 2.58 bits per heavy atom. The van der Waals surface area contributed by atoms with Crippen LogP contribution in [0.15, 0.2) is 72.8 Å². The molecule has 1 atom stereocenters. The zero-order chi connectivity index (χ0) is 21.6. The number of anilines is 1. The number of hydrogen-bond donors (Lipinski definition) is 2. The van der Waals surface area contributed by atoms with E-state index in [4.69, 9.17) is 4.74 Å². The molecule has 158 valence electrons. The fourth-order valence-corrected chi connectivity index (χ4v) is 3.81. The van der Waals surface area contributed by atoms with Crippen molar-refractivity contribution in [2.45, 2.75) is 25.3 Å². The van der Waals surface area contributed by atoms with Crippen LogP contribution in [0.2, 0.25) is 0 Å². The Kier molecular flexibility index (Phi) is 6.26. The lowest BCUT2D eigenvalue weighted by molar-refractivity contribution is -0.118. The number of para-hydroxylation sites is 2. The monoisotopic (exact) mass is 418 g/mol. The van der Waals surface area contributed by atoms with E-state index in [1.807, 2.05) is 12.1 Å². The van der Waals surface area contributed by atoms with Crippen LogP contribution < -0.4 is 15.4 Å². The Balaban J connectivity index is 1.42. The van der Waals surface area contributed by atoms with Crippen LogP contribution in [-0.2, 0) is 11.2 Å². The van der Waals surface area contributed by atoms with Crippen LogP contribution >= 0.6 is 0 Å². The van der Waals surface area contributed by atoms with Crippen molar-refractivity contribution in [2.24, 2.45) is 0 Å². The molecule has 0 spiro atoms. The van der Waals surface area contributed by atoms with Crippen molar-refractivity contribution in [1.29, 1.82) is 0 Å². The van der Waals surface area contributed by atoms with Gasteiger partial charge in [0, 0.05) is 0 Å². The molecule has 3 aromatic carbocycles. The van der Waals surface area contributed by atoms with E-state index in [9.17, 15) is 14.0 Å². The largest absolute Gasteiger partial charge is 0.483 e. The maximum absolute atomic E-state index is 13.7. The number of fused-ring (bicyclic) bond motifs is 1. The molecule has 0 heterocycles. The van der Waals surface area contributed by atoms with Crippen molar-refractivity contribution in [3.05, 3.63) is 95.3 Å². The number of carbonyl (C=O) groups excluding carboxylic acids is 2. The van der Waals surface area contributed by atoms with Crippen molar-refractivity contribution in [2.75, 3.05) is 11.9 Å². The second-order valence-electron chi connectivity index (χ2n) is 7.43. The Hall–Kier alpha value is -3.67. The summed E-state index contributed by atoms with van der Waals surface area (Å²) < 4.78 is 19.3. The summed E-state index contributed by atoms with van der Waals surface area (Å²) in [4.78, 5) is 25.2. The quantitative estimate of drug-likeness (QED) is 0.612. The van der Waals surface area contributed by atoms with Gasteiger partial charge in [-0.15, -0.1) is 0 Å². The van der Waals surface area contributed by atoms with Gasteiger partial charge in [-0.05, 0) is 54.7 Å². The molecule has 1 aliphatic rings. The highest BCUT2D eigenvalue weighted by Gasteiger charge is 2.23. The lowest BCUT2D eigenvalue weighted by atomic mass is 9.87. The standard InChI is InChI=1S/C25H23FN2O3/c26-20-12-4-5-13-22(20)27-24(29)16-31-23-15-6-3-11-19(23)25(30)28-21-14-7-9-17-8-1-2-10-18(17)21/h1-6,8,10-13,15,21H,7,9,14,16H2,(H,27,29)(H,28,30). The molecule has 1 unspecified atom stereocenters. The number of ether oxygens (including phenoxy) is 1. The molecular weight excluding hydrogens is 395 g/mol. The number of benzene rings is 3. The summed E-state index contributed by atoms with van der Waals surface area (Å²) in [5, 5.41) is 5.56. The van der Waals surface area contributed by atoms with E-state index in [-0.39, 0.29) is 24.2 Å². The molecule has 5 nitrogen and oxygen atoms in total. The molecule has 0 fully saturated rings. The van der Waals surface area contributed by atoms with Gasteiger partial charge in [0.2, 0.25) is 0 Å². The van der Waals surface area contributed by atoms with Gasteiger partial charge in [-0.1, -0.05) is 48.5 Å². The minimum absolute atomic E-state index is 0.0603. The molecule has 1 aliphatic carbocycles. The lowest BCUT2D eigenvalue weighted by Gasteiger charge is -2.26. The third-order valence-electron chi connectivity index (χ3n) is 5.31. The average molecular weight is 418 g/mol. The Morgan fingerprint density at radius 2 is 1.71 bits per heavy atom. The van der Waals surface area contributed by atoms with Gasteiger partial charge in [0.15, 0.2) is 6.61 Å². The van der Waals surface area contributed by atoms with Crippen molar-refractivity contribution in [3.8, 4) is 5.75 Å². The third-order valence-corrected chi connectivity index (χ3v) is 5.31. The summed E-state index contributed by atoms with van der Waals surface area (Å²) in [6.07, 6.45) is 2.90. The van der Waals surface area contributed by atoms with E-state index in [0.29, 0.717) is 11.3 Å². The molecule has 0 saturated carbocycles. The van der Waals surface area contributed by atoms with Gasteiger partial charge in [0.25, 0.3) is 11.8 Å². The zero-order valence-electron chi connectivity index (χ0n) is 16.9. The molecule has 2 amide bonds. The topological polar surface area (TPSA) is 67.4 Å². The van der Waals surface area contributed by atoms with E-state index in [0.717, 1.165) is 24.8 Å². The first-order chi connectivity index (χ1) is 15.1. The second-order valence-corrected chi connectivity index (χ2v) is 7.43. The molecule has 0 radical (unpaired) electrons. The third kappa shape index (κ3) is 4.91. The Labute approximate surface area is 180 Å². The highest BCUT2D eigenvalue weighted by Crippen LogP contribution is 2.30. The number of rotatable bonds is 6. The van der Waals surface area contributed by atoms with Crippen LogP contribution in [0.1, 0.15) is 40.4 Å². The zero-order valence-corrected chi connectivity index (χ0v) is 16.9. The van der Waals surface area contributed by atoms with Crippen LogP contribution in [0.3, 0.4) is 0 Å². The second kappa shape index (κ2) is 9.43. The minimum Gasteiger partial charge on any atom is -0.483 e. The van der Waals surface area contributed by atoms with E-state index in [2.05, 4.69) is 22.8 Å². The fraction of sp³-hybridized carbons (Fsp3) is 0.200. The molecular formula is C25H23FN2O3. The SMILES string of the molecule is O=C(COc1ccccc1C(=O)NC1CCCc2ccccc21)Nc1ccccc1F. The molecule has 0 aliphatic heterocycles. The van der Waals surface area contributed by atoms with Crippen LogP contribution in [0.4, 0.5) is 10.1 Å². The number of hydrogen-bond acceptors (Lipinski definition) is 3. The molecule has 0 bridgehead atoms. The molecule has 3 aromatic rings. The summed E-state index contributed by atoms with van der Waals surface area (Å²) >= 11 is 0. The first-order valence-corrected chi connectivity index (χ1v) is 10.3. The van der Waals surface area contributed by atoms with Gasteiger partial charge in [-0.2, -0.15) is 0 Å². The molecule has 2 N–H and O–H groups in total. The number of carbonyl (C=O) groups is 2. The summed E-state index contributed by atoms with van der Waals surface area (Å²) in [6.45, 7) is -0.342. The van der Waals surface area contributed by atoms with Crippen LogP contribution in [0.5, 0.6) is 5.75 Å². The summed E-state index contributed by atoms with van der Waals surface area (Å²) in [5.74, 6) is -0.996. The molecule has 31 heavy (non-hydrogen) atoms. The molecule has 0 saturated heterocycles. The minimum atomic E-state index is -0.525. The van der Waals surface area contributed by atoms with Gasteiger partial charge < -0.3 is 15.4 Å². The predicted octanol–water partition coefficient (Wildman–Crippen LogP) is 4.65. The summed E-state index contributed by atoms with van der Waals surface area (Å²) in [6, 6.07) is 20.8. The fourth-order valence-electron chi connectivity index (χ4n) is 3.81. The number of halogens is 1. The maximum Gasteiger partial charge on any atom is 0.262 e. The average Bonchev–Trinajstić information content (AvgIpc) is 2.80. The highest BCUT2D eigenvalue weighted by atomic mass is 19.1. The van der Waals surface area contributed by atoms with Gasteiger partial charge in [-0.3, -0.25) is 9.59 Å². The van der Waals surface area contributed by atoms with E-state index >= 15 is 0 Å². The number of aryl methyl sites for hydroxylation is 1. The summed E-state index contributed by atoms with van der Waals surface area (Å²) in [7, 11) is 0. The Morgan fingerprint density at radius 1 is 0.968 bits per heavy atom. The molecule has 6 heteroatoms. The maximum atomic E-state index is 13.7. The number of nitrogens with one attached hydrogen (secondary N) is 2. The van der Waals surface area contributed by atoms with E-state index in [1.54, 1.807) is 36.4 Å². The Bertz CT molecular complexity index is 1100. The van der Waals surface area contributed by atoms with Crippen molar-refractivity contribution < 1.29 is 18.7 Å². The van der Waals surface area contributed by atoms with Crippen LogP contribution in [-0.4, -0.2) is 18.4 Å². The van der Waals surface area contributed by atoms with Gasteiger partial charge in [-0.25, -0.2) is 4.39 Å². The van der Waals surface area contributed by atoms with Crippen molar-refractivity contribution >= 4 is 17.5 Å². The van der Waals surface area contributed by atoms with E-state index < -0.39 is 11.7 Å². The molecule has 0 aromatic heterocycles. The number of amides is 2. The first kappa shape index (κ1) is 20.6. The van der Waals surface area contributed by atoms with Gasteiger partial charge >= 0.3 is 0 Å². The molecule has 4 rings (SSSR count).